The monoisotopic (exact) mass is 268 g/mol. The number of methoxy groups -OCH3 is 1. The molecule has 0 aliphatic rings. The van der Waals surface area contributed by atoms with Crippen LogP contribution in [0.25, 0.3) is 0 Å². The van der Waals surface area contributed by atoms with Gasteiger partial charge in [0.1, 0.15) is 0 Å². The molecule has 0 aliphatic carbocycles. The molecule has 1 rings (SSSR count). The molecule has 1 aromatic rings. The fraction of sp³-hybridized carbons (Fsp3) is 0.600. The van der Waals surface area contributed by atoms with Crippen LogP contribution in [0.5, 0.6) is 5.75 Å². The predicted molar refractivity (Wildman–Crippen MR) is 76.8 cm³/mol. The topological polar surface area (TPSA) is 38.5 Å². The van der Waals surface area contributed by atoms with Gasteiger partial charge in [-0.15, -0.1) is 0 Å². The zero-order valence-electron chi connectivity index (χ0n) is 12.5. The van der Waals surface area contributed by atoms with Crippen molar-refractivity contribution in [1.82, 2.24) is 4.90 Å². The van der Waals surface area contributed by atoms with Gasteiger partial charge in [0.15, 0.2) is 11.6 Å². The normalized spacial score (nSPS) is 13.7. The van der Waals surface area contributed by atoms with E-state index in [1.165, 1.54) is 13.2 Å². The van der Waals surface area contributed by atoms with E-state index in [1.54, 1.807) is 6.07 Å². The highest BCUT2D eigenvalue weighted by Crippen LogP contribution is 2.22. The van der Waals surface area contributed by atoms with Gasteiger partial charge in [-0.25, -0.2) is 4.39 Å². The van der Waals surface area contributed by atoms with Crippen molar-refractivity contribution in [3.05, 3.63) is 29.6 Å². The van der Waals surface area contributed by atoms with Crippen LogP contribution in [-0.4, -0.2) is 32.1 Å². The number of hydrogen-bond donors (Lipinski definition) is 1. The molecule has 0 saturated carbocycles. The van der Waals surface area contributed by atoms with Gasteiger partial charge >= 0.3 is 0 Å². The highest BCUT2D eigenvalue weighted by atomic mass is 19.1. The first-order valence-electron chi connectivity index (χ1n) is 6.50. The molecule has 0 aromatic heterocycles. The van der Waals surface area contributed by atoms with Crippen LogP contribution in [0.15, 0.2) is 18.2 Å². The summed E-state index contributed by atoms with van der Waals surface area (Å²) in [5.41, 5.74) is 7.14. The molecule has 1 unspecified atom stereocenters. The minimum absolute atomic E-state index is 0.201. The van der Waals surface area contributed by atoms with Crippen LogP contribution in [0.3, 0.4) is 0 Å². The number of hydrogen-bond acceptors (Lipinski definition) is 3. The average molecular weight is 268 g/mol. The summed E-state index contributed by atoms with van der Waals surface area (Å²) in [5, 5.41) is 0. The first-order valence-corrected chi connectivity index (χ1v) is 6.50. The van der Waals surface area contributed by atoms with E-state index >= 15 is 0 Å². The van der Waals surface area contributed by atoms with Crippen LogP contribution in [0, 0.1) is 11.2 Å². The van der Waals surface area contributed by atoms with E-state index in [4.69, 9.17) is 10.5 Å². The Bertz CT molecular complexity index is 415. The van der Waals surface area contributed by atoms with Crippen molar-refractivity contribution < 1.29 is 9.13 Å². The van der Waals surface area contributed by atoms with Gasteiger partial charge in [-0.3, -0.25) is 0 Å². The van der Waals surface area contributed by atoms with Gasteiger partial charge in [0.2, 0.25) is 0 Å². The molecule has 0 radical (unpaired) electrons. The third kappa shape index (κ3) is 5.17. The summed E-state index contributed by atoms with van der Waals surface area (Å²) in [5.74, 6) is -0.118. The van der Waals surface area contributed by atoms with Crippen LogP contribution in [0.2, 0.25) is 0 Å². The lowest BCUT2D eigenvalue weighted by Crippen LogP contribution is -2.35. The molecule has 19 heavy (non-hydrogen) atoms. The number of rotatable bonds is 5. The Balaban J connectivity index is 2.68. The molecule has 3 nitrogen and oxygen atoms in total. The fourth-order valence-corrected chi connectivity index (χ4v) is 2.23. The Labute approximate surface area is 115 Å². The zero-order chi connectivity index (χ0) is 14.6. The van der Waals surface area contributed by atoms with Gasteiger partial charge in [-0.2, -0.15) is 0 Å². The van der Waals surface area contributed by atoms with Crippen molar-refractivity contribution in [2.45, 2.75) is 26.8 Å². The molecule has 0 fully saturated rings. The number of halogens is 1. The third-order valence-electron chi connectivity index (χ3n) is 2.86. The zero-order valence-corrected chi connectivity index (χ0v) is 12.5. The molecule has 1 aromatic carbocycles. The molecule has 4 heteroatoms. The van der Waals surface area contributed by atoms with Crippen molar-refractivity contribution >= 4 is 0 Å². The number of nitrogens with zero attached hydrogens (tertiary/aromatic N) is 1. The van der Waals surface area contributed by atoms with Crippen LogP contribution >= 0.6 is 0 Å². The van der Waals surface area contributed by atoms with E-state index in [1.807, 2.05) is 13.1 Å². The lowest BCUT2D eigenvalue weighted by molar-refractivity contribution is 0.217. The highest BCUT2D eigenvalue weighted by molar-refractivity contribution is 5.31. The van der Waals surface area contributed by atoms with Gasteiger partial charge < -0.3 is 15.4 Å². The second-order valence-corrected chi connectivity index (χ2v) is 6.26. The average Bonchev–Trinajstić information content (AvgIpc) is 2.26. The van der Waals surface area contributed by atoms with Crippen molar-refractivity contribution in [3.8, 4) is 5.75 Å². The molecule has 0 spiro atoms. The Morgan fingerprint density at radius 1 is 1.37 bits per heavy atom. The van der Waals surface area contributed by atoms with Gasteiger partial charge in [0, 0.05) is 19.1 Å². The Morgan fingerprint density at radius 2 is 2.00 bits per heavy atom. The van der Waals surface area contributed by atoms with E-state index in [0.717, 1.165) is 12.1 Å². The second kappa shape index (κ2) is 6.35. The number of nitrogens with two attached hydrogens (primary N) is 1. The Hall–Kier alpha value is -1.13. The maximum absolute atomic E-state index is 13.6. The van der Waals surface area contributed by atoms with Crippen LogP contribution in [0.4, 0.5) is 4.39 Å². The van der Waals surface area contributed by atoms with E-state index in [2.05, 4.69) is 25.7 Å². The van der Waals surface area contributed by atoms with Crippen LogP contribution in [-0.2, 0) is 0 Å². The molecule has 108 valence electrons. The molecule has 0 heterocycles. The fourth-order valence-electron chi connectivity index (χ4n) is 2.23. The Kier molecular flexibility index (Phi) is 5.32. The SMILES string of the molecule is COc1ccc(C(N)CN(C)CC(C)(C)C)cc1F. The molecule has 0 saturated heterocycles. The van der Waals surface area contributed by atoms with Crippen molar-refractivity contribution in [1.29, 1.82) is 0 Å². The van der Waals surface area contributed by atoms with E-state index < -0.39 is 0 Å². The quantitative estimate of drug-likeness (QED) is 0.892. The largest absolute Gasteiger partial charge is 0.494 e. The lowest BCUT2D eigenvalue weighted by Gasteiger charge is -2.28. The second-order valence-electron chi connectivity index (χ2n) is 6.26. The lowest BCUT2D eigenvalue weighted by atomic mass is 9.96. The first kappa shape index (κ1) is 15.9. The van der Waals surface area contributed by atoms with Crippen molar-refractivity contribution in [2.24, 2.45) is 11.1 Å². The third-order valence-corrected chi connectivity index (χ3v) is 2.86. The number of likely N-dealkylation sites (N-methyl/N-ethyl adjacent to an activating group) is 1. The van der Waals surface area contributed by atoms with E-state index in [-0.39, 0.29) is 23.0 Å². The highest BCUT2D eigenvalue weighted by Gasteiger charge is 2.17. The van der Waals surface area contributed by atoms with Crippen molar-refractivity contribution in [3.63, 3.8) is 0 Å². The predicted octanol–water partition coefficient (Wildman–Crippen LogP) is 2.81. The molecule has 0 aliphatic heterocycles. The summed E-state index contributed by atoms with van der Waals surface area (Å²) < 4.78 is 18.5. The first-order chi connectivity index (χ1) is 8.73. The summed E-state index contributed by atoms with van der Waals surface area (Å²) in [7, 11) is 3.49. The van der Waals surface area contributed by atoms with Gasteiger partial charge in [-0.1, -0.05) is 26.8 Å². The summed E-state index contributed by atoms with van der Waals surface area (Å²) in [6, 6.07) is 4.69. The van der Waals surface area contributed by atoms with Gasteiger partial charge in [0.05, 0.1) is 7.11 Å². The summed E-state index contributed by atoms with van der Waals surface area (Å²) in [6.07, 6.45) is 0. The minimum Gasteiger partial charge on any atom is -0.494 e. The Morgan fingerprint density at radius 3 is 2.47 bits per heavy atom. The number of benzene rings is 1. The smallest absolute Gasteiger partial charge is 0.165 e. The molecule has 0 bridgehead atoms. The summed E-state index contributed by atoms with van der Waals surface area (Å²) in [4.78, 5) is 2.17. The molecule has 1 atom stereocenters. The van der Waals surface area contributed by atoms with Crippen molar-refractivity contribution in [2.75, 3.05) is 27.2 Å². The maximum atomic E-state index is 13.6. The van der Waals surface area contributed by atoms with Gasteiger partial charge in [0.25, 0.3) is 0 Å². The van der Waals surface area contributed by atoms with E-state index in [0.29, 0.717) is 6.54 Å². The maximum Gasteiger partial charge on any atom is 0.165 e. The van der Waals surface area contributed by atoms with Crippen LogP contribution < -0.4 is 10.5 Å². The minimum atomic E-state index is -0.367. The van der Waals surface area contributed by atoms with E-state index in [9.17, 15) is 4.39 Å². The summed E-state index contributed by atoms with van der Waals surface area (Å²) in [6.45, 7) is 8.19. The number of ether oxygens (including phenoxy) is 1. The summed E-state index contributed by atoms with van der Waals surface area (Å²) >= 11 is 0. The molecule has 0 amide bonds. The van der Waals surface area contributed by atoms with Crippen LogP contribution in [0.1, 0.15) is 32.4 Å². The standard InChI is InChI=1S/C15H25FN2O/c1-15(2,3)10-18(4)9-13(17)11-6-7-14(19-5)12(16)8-11/h6-8,13H,9-10,17H2,1-5H3. The molecular weight excluding hydrogens is 243 g/mol. The molecule has 2 N–H and O–H groups in total. The molecular formula is C15H25FN2O. The van der Waals surface area contributed by atoms with Gasteiger partial charge in [-0.05, 0) is 30.2 Å².